The average molecular weight is 955 g/mol. The fourth-order valence-electron chi connectivity index (χ4n) is 7.12. The monoisotopic (exact) mass is 954 g/mol. The van der Waals surface area contributed by atoms with Crippen molar-refractivity contribution in [2.75, 3.05) is 21.3 Å². The summed E-state index contributed by atoms with van der Waals surface area (Å²) in [6.45, 7) is 6.11. The lowest BCUT2D eigenvalue weighted by Gasteiger charge is -2.08. The molecular formula is C64H58O8. The second kappa shape index (κ2) is 25.6. The fraction of sp³-hybridized carbons (Fsp3) is 0.109. The largest absolute Gasteiger partial charge is 0.497 e. The number of ether oxygens (including phenoxy) is 5. The van der Waals surface area contributed by atoms with Gasteiger partial charge < -0.3 is 23.7 Å². The van der Waals surface area contributed by atoms with Crippen LogP contribution in [0.25, 0.3) is 11.1 Å². The third-order valence-electron chi connectivity index (χ3n) is 11.3. The van der Waals surface area contributed by atoms with Gasteiger partial charge in [-0.3, -0.25) is 14.4 Å². The topological polar surface area (TPSA) is 97.4 Å². The number of methoxy groups -OCH3 is 3. The van der Waals surface area contributed by atoms with E-state index in [-0.39, 0.29) is 24.8 Å². The van der Waals surface area contributed by atoms with Crippen LogP contribution in [0.15, 0.2) is 218 Å². The molecule has 0 spiro atoms. The van der Waals surface area contributed by atoms with Gasteiger partial charge in [0, 0.05) is 33.4 Å². The number of rotatable bonds is 14. The Balaban J connectivity index is 0.000000182. The summed E-state index contributed by atoms with van der Waals surface area (Å²) in [5, 5.41) is 0. The number of aryl methyl sites for hydroxylation is 3. The normalized spacial score (nSPS) is 10.1. The Labute approximate surface area is 423 Å². The van der Waals surface area contributed by atoms with Gasteiger partial charge in [-0.1, -0.05) is 96.9 Å². The van der Waals surface area contributed by atoms with Crippen molar-refractivity contribution in [3.63, 3.8) is 0 Å². The van der Waals surface area contributed by atoms with Gasteiger partial charge >= 0.3 is 0 Å². The second-order valence-corrected chi connectivity index (χ2v) is 16.5. The van der Waals surface area contributed by atoms with Crippen molar-refractivity contribution in [3.8, 4) is 51.4 Å². The Bertz CT molecular complexity index is 3120. The molecule has 9 aromatic rings. The lowest BCUT2D eigenvalue weighted by Crippen LogP contribution is -2.01. The molecule has 72 heavy (non-hydrogen) atoms. The van der Waals surface area contributed by atoms with E-state index in [1.54, 1.807) is 131 Å². The predicted molar refractivity (Wildman–Crippen MR) is 288 cm³/mol. The zero-order chi connectivity index (χ0) is 50.1. The Morgan fingerprint density at radius 2 is 0.417 bits per heavy atom. The van der Waals surface area contributed by atoms with E-state index in [0.29, 0.717) is 44.9 Å². The molecule has 0 aliphatic carbocycles. The van der Waals surface area contributed by atoms with E-state index in [9.17, 15) is 14.4 Å². The van der Waals surface area contributed by atoms with Gasteiger partial charge in [-0.05, 0) is 177 Å². The summed E-state index contributed by atoms with van der Waals surface area (Å²) in [5.74, 6) is 5.09. The quantitative estimate of drug-likeness (QED) is 0.0994. The van der Waals surface area contributed by atoms with Crippen LogP contribution in [0.5, 0.6) is 40.2 Å². The molecule has 9 rings (SSSR count). The van der Waals surface area contributed by atoms with E-state index in [4.69, 9.17) is 23.7 Å². The van der Waals surface area contributed by atoms with Crippen LogP contribution >= 0.6 is 0 Å². The van der Waals surface area contributed by atoms with E-state index >= 15 is 0 Å². The number of ketones is 3. The Morgan fingerprint density at radius 3 is 0.667 bits per heavy atom. The van der Waals surface area contributed by atoms with Crippen LogP contribution in [-0.2, 0) is 0 Å². The van der Waals surface area contributed by atoms with E-state index < -0.39 is 0 Å². The minimum atomic E-state index is -0.0355. The van der Waals surface area contributed by atoms with E-state index in [1.165, 1.54) is 16.7 Å². The van der Waals surface area contributed by atoms with Gasteiger partial charge in [0.25, 0.3) is 0 Å². The third-order valence-corrected chi connectivity index (χ3v) is 11.3. The molecule has 8 heteroatoms. The molecule has 0 radical (unpaired) electrons. The molecule has 0 amide bonds. The van der Waals surface area contributed by atoms with Gasteiger partial charge in [-0.2, -0.15) is 0 Å². The molecule has 0 unspecified atom stereocenters. The van der Waals surface area contributed by atoms with Crippen LogP contribution in [0, 0.1) is 20.8 Å². The fourth-order valence-corrected chi connectivity index (χ4v) is 7.12. The summed E-state index contributed by atoms with van der Waals surface area (Å²) in [4.78, 5) is 37.2. The van der Waals surface area contributed by atoms with Gasteiger partial charge in [0.2, 0.25) is 0 Å². The predicted octanol–water partition coefficient (Wildman–Crippen LogP) is 15.6. The first-order chi connectivity index (χ1) is 34.5. The highest BCUT2D eigenvalue weighted by Gasteiger charge is 2.12. The smallest absolute Gasteiger partial charge is 0.193 e. The van der Waals surface area contributed by atoms with Gasteiger partial charge in [0.05, 0.1) is 21.3 Å². The molecule has 0 aromatic heterocycles. The zero-order valence-electron chi connectivity index (χ0n) is 40.6. The van der Waals surface area contributed by atoms with Crippen molar-refractivity contribution in [2.45, 2.75) is 28.2 Å². The van der Waals surface area contributed by atoms with Crippen LogP contribution in [0.4, 0.5) is 0 Å². The zero-order valence-corrected chi connectivity index (χ0v) is 40.6. The van der Waals surface area contributed by atoms with Crippen LogP contribution in [-0.4, -0.2) is 38.7 Å². The molecular weight excluding hydrogens is 897 g/mol. The number of carbonyl (C=O) groups excluding carboxylic acids is 3. The van der Waals surface area contributed by atoms with Crippen molar-refractivity contribution < 1.29 is 38.1 Å². The van der Waals surface area contributed by atoms with Crippen molar-refractivity contribution in [1.29, 1.82) is 0 Å². The standard InChI is InChI=1S/C27H22O3.C21H18O3.C15H14O2.CH4/c1-19-3-5-20(6-4-19)21-7-15-25(16-8-21)30-26-17-11-23(12-18-26)27(28)22-9-13-24(29-2)14-10-22;1-15-3-9-19(10-4-15)24-20-13-7-17(8-14-20)21(22)16-5-11-18(23-2)12-6-16;1-11-3-5-12(6-4-11)15(16)13-7-9-14(17-2)10-8-13;/h3-18H,1-2H3;3-14H,1-2H3;3-10H,1-2H3;1H4. The van der Waals surface area contributed by atoms with Crippen LogP contribution in [0.1, 0.15) is 71.9 Å². The first-order valence-corrected chi connectivity index (χ1v) is 22.9. The van der Waals surface area contributed by atoms with E-state index in [0.717, 1.165) is 39.9 Å². The number of hydrogen-bond donors (Lipinski definition) is 0. The Hall–Kier alpha value is -9.01. The minimum Gasteiger partial charge on any atom is -0.497 e. The summed E-state index contributed by atoms with van der Waals surface area (Å²) in [7, 11) is 4.81. The lowest BCUT2D eigenvalue weighted by molar-refractivity contribution is 0.103. The lowest BCUT2D eigenvalue weighted by atomic mass is 10.0. The maximum atomic E-state index is 12.6. The molecule has 9 aromatic carbocycles. The number of benzene rings is 9. The summed E-state index contributed by atoms with van der Waals surface area (Å²) >= 11 is 0. The molecule has 0 bridgehead atoms. The maximum Gasteiger partial charge on any atom is 0.193 e. The average Bonchev–Trinajstić information content (AvgIpc) is 3.42. The molecule has 0 heterocycles. The van der Waals surface area contributed by atoms with Crippen molar-refractivity contribution in [1.82, 2.24) is 0 Å². The SMILES string of the molecule is C.COc1ccc(C(=O)c2ccc(C)cc2)cc1.COc1ccc(C(=O)c2ccc(Oc3ccc(-c4ccc(C)cc4)cc3)cc2)cc1.COc1ccc(C(=O)c2ccc(Oc3ccc(C)cc3)cc2)cc1. The summed E-state index contributed by atoms with van der Waals surface area (Å²) in [6, 6.07) is 67.5. The molecule has 0 aliphatic rings. The van der Waals surface area contributed by atoms with Crippen LogP contribution in [0.3, 0.4) is 0 Å². The second-order valence-electron chi connectivity index (χ2n) is 16.5. The van der Waals surface area contributed by atoms with Gasteiger partial charge in [0.1, 0.15) is 40.2 Å². The Morgan fingerprint density at radius 1 is 0.250 bits per heavy atom. The van der Waals surface area contributed by atoms with Crippen LogP contribution in [0.2, 0.25) is 0 Å². The number of carbonyl (C=O) groups is 3. The molecule has 0 atom stereocenters. The first-order valence-electron chi connectivity index (χ1n) is 22.9. The summed E-state index contributed by atoms with van der Waals surface area (Å²) < 4.78 is 27.0. The number of hydrogen-bond acceptors (Lipinski definition) is 8. The molecule has 0 aliphatic heterocycles. The minimum absolute atomic E-state index is 0. The van der Waals surface area contributed by atoms with Gasteiger partial charge in [-0.15, -0.1) is 0 Å². The summed E-state index contributed by atoms with van der Waals surface area (Å²) in [6.07, 6.45) is 0. The van der Waals surface area contributed by atoms with Crippen LogP contribution < -0.4 is 23.7 Å². The van der Waals surface area contributed by atoms with E-state index in [2.05, 4.69) is 31.2 Å². The third kappa shape index (κ3) is 14.5. The highest BCUT2D eigenvalue weighted by atomic mass is 16.5. The maximum absolute atomic E-state index is 12.6. The first kappa shape index (κ1) is 52.4. The molecule has 0 saturated heterocycles. The van der Waals surface area contributed by atoms with Crippen molar-refractivity contribution >= 4 is 17.3 Å². The molecule has 8 nitrogen and oxygen atoms in total. The molecule has 0 saturated carbocycles. The Kier molecular flexibility index (Phi) is 18.6. The van der Waals surface area contributed by atoms with Gasteiger partial charge in [0.15, 0.2) is 17.3 Å². The van der Waals surface area contributed by atoms with Crippen molar-refractivity contribution in [2.24, 2.45) is 0 Å². The van der Waals surface area contributed by atoms with E-state index in [1.807, 2.05) is 98.8 Å². The van der Waals surface area contributed by atoms with Crippen molar-refractivity contribution in [3.05, 3.63) is 268 Å². The summed E-state index contributed by atoms with van der Waals surface area (Å²) in [5.41, 5.74) is 9.76. The van der Waals surface area contributed by atoms with Gasteiger partial charge in [-0.25, -0.2) is 0 Å². The molecule has 0 N–H and O–H groups in total. The highest BCUT2D eigenvalue weighted by Crippen LogP contribution is 2.28. The molecule has 362 valence electrons. The molecule has 0 fully saturated rings. The highest BCUT2D eigenvalue weighted by molar-refractivity contribution is 6.10.